The monoisotopic (exact) mass is 270 g/mol. The Hall–Kier alpha value is -0.900. The second-order valence-electron chi connectivity index (χ2n) is 3.96. The molecule has 1 N–H and O–H groups in total. The lowest BCUT2D eigenvalue weighted by Crippen LogP contribution is -1.98. The zero-order valence-corrected chi connectivity index (χ0v) is 11.1. The number of halogens is 2. The fourth-order valence-corrected chi connectivity index (χ4v) is 2.88. The molecule has 0 saturated carbocycles. The van der Waals surface area contributed by atoms with Crippen LogP contribution in [-0.4, -0.2) is 5.11 Å². The van der Waals surface area contributed by atoms with Gasteiger partial charge in [0.2, 0.25) is 0 Å². The molecule has 0 aliphatic heterocycles. The Bertz CT molecular complexity index is 531. The van der Waals surface area contributed by atoms with Crippen LogP contribution in [0.15, 0.2) is 24.3 Å². The van der Waals surface area contributed by atoms with Crippen LogP contribution in [0, 0.1) is 19.7 Å². The molecule has 2 aromatic rings. The van der Waals surface area contributed by atoms with Gasteiger partial charge in [0.05, 0.1) is 0 Å². The first kappa shape index (κ1) is 12.6. The van der Waals surface area contributed by atoms with Gasteiger partial charge in [0.25, 0.3) is 0 Å². The van der Waals surface area contributed by atoms with Crippen molar-refractivity contribution in [3.8, 4) is 0 Å². The molecule has 4 heteroatoms. The van der Waals surface area contributed by atoms with Crippen LogP contribution in [-0.2, 0) is 0 Å². The van der Waals surface area contributed by atoms with Crippen molar-refractivity contribution in [2.75, 3.05) is 0 Å². The highest BCUT2D eigenvalue weighted by Gasteiger charge is 2.17. The Morgan fingerprint density at radius 3 is 2.59 bits per heavy atom. The van der Waals surface area contributed by atoms with Gasteiger partial charge in [-0.3, -0.25) is 0 Å². The van der Waals surface area contributed by atoms with E-state index >= 15 is 0 Å². The van der Waals surface area contributed by atoms with Crippen molar-refractivity contribution in [3.63, 3.8) is 0 Å². The minimum Gasteiger partial charge on any atom is -0.383 e. The molecule has 0 amide bonds. The van der Waals surface area contributed by atoms with Crippen molar-refractivity contribution >= 4 is 22.9 Å². The summed E-state index contributed by atoms with van der Waals surface area (Å²) in [6, 6.07) is 5.93. The summed E-state index contributed by atoms with van der Waals surface area (Å²) in [5, 5.41) is 10.6. The third-order valence-electron chi connectivity index (χ3n) is 2.71. The highest BCUT2D eigenvalue weighted by molar-refractivity contribution is 7.12. The van der Waals surface area contributed by atoms with E-state index in [1.54, 1.807) is 0 Å². The van der Waals surface area contributed by atoms with Crippen molar-refractivity contribution in [1.82, 2.24) is 0 Å². The summed E-state index contributed by atoms with van der Waals surface area (Å²) in [5.41, 5.74) is 1.53. The summed E-state index contributed by atoms with van der Waals surface area (Å²) in [6.07, 6.45) is -0.865. The van der Waals surface area contributed by atoms with Gasteiger partial charge in [-0.2, -0.15) is 0 Å². The summed E-state index contributed by atoms with van der Waals surface area (Å²) in [4.78, 5) is 1.93. The molecule has 0 aliphatic rings. The minimum atomic E-state index is -0.865. The first-order valence-electron chi connectivity index (χ1n) is 5.19. The molecule has 0 spiro atoms. The van der Waals surface area contributed by atoms with E-state index in [0.29, 0.717) is 10.6 Å². The number of rotatable bonds is 2. The van der Waals surface area contributed by atoms with Crippen molar-refractivity contribution in [2.24, 2.45) is 0 Å². The molecular weight excluding hydrogens is 259 g/mol. The largest absolute Gasteiger partial charge is 0.383 e. The molecule has 0 radical (unpaired) electrons. The maximum atomic E-state index is 13.1. The lowest BCUT2D eigenvalue weighted by atomic mass is 10.1. The Morgan fingerprint density at radius 2 is 2.00 bits per heavy atom. The maximum absolute atomic E-state index is 13.1. The van der Waals surface area contributed by atoms with Crippen LogP contribution in [0.5, 0.6) is 0 Å². The molecule has 1 nitrogen and oxygen atoms in total. The molecule has 1 atom stereocenters. The molecule has 17 heavy (non-hydrogen) atoms. The van der Waals surface area contributed by atoms with Crippen LogP contribution < -0.4 is 0 Å². The first-order valence-corrected chi connectivity index (χ1v) is 6.38. The maximum Gasteiger partial charge on any atom is 0.123 e. The smallest absolute Gasteiger partial charge is 0.123 e. The van der Waals surface area contributed by atoms with Crippen LogP contribution in [0.3, 0.4) is 0 Å². The number of hydrogen-bond acceptors (Lipinski definition) is 2. The first-order chi connectivity index (χ1) is 7.99. The molecule has 2 rings (SSSR count). The summed E-state index contributed by atoms with van der Waals surface area (Å²) < 4.78 is 13.1. The fourth-order valence-electron chi connectivity index (χ4n) is 1.61. The van der Waals surface area contributed by atoms with Gasteiger partial charge in [-0.1, -0.05) is 11.6 Å². The third kappa shape index (κ3) is 2.51. The molecule has 1 heterocycles. The normalized spacial score (nSPS) is 12.8. The number of aliphatic hydroxyl groups is 1. The second-order valence-corrected chi connectivity index (χ2v) is 5.65. The van der Waals surface area contributed by atoms with E-state index in [0.717, 1.165) is 15.3 Å². The number of aryl methyl sites for hydroxylation is 2. The van der Waals surface area contributed by atoms with Crippen LogP contribution in [0.2, 0.25) is 5.02 Å². The predicted octanol–water partition coefficient (Wildman–Crippen LogP) is 4.24. The lowest BCUT2D eigenvalue weighted by Gasteiger charge is -2.10. The molecule has 1 unspecified atom stereocenters. The van der Waals surface area contributed by atoms with Crippen molar-refractivity contribution in [1.29, 1.82) is 0 Å². The van der Waals surface area contributed by atoms with Crippen molar-refractivity contribution in [3.05, 3.63) is 56.0 Å². The van der Waals surface area contributed by atoms with Gasteiger partial charge >= 0.3 is 0 Å². The highest BCUT2D eigenvalue weighted by atomic mass is 35.5. The molecule has 0 bridgehead atoms. The molecule has 0 fully saturated rings. The predicted molar refractivity (Wildman–Crippen MR) is 69.3 cm³/mol. The van der Waals surface area contributed by atoms with Crippen LogP contribution in [0.25, 0.3) is 0 Å². The van der Waals surface area contributed by atoms with Gasteiger partial charge in [-0.25, -0.2) is 4.39 Å². The van der Waals surface area contributed by atoms with Gasteiger partial charge in [-0.15, -0.1) is 11.3 Å². The van der Waals surface area contributed by atoms with Crippen LogP contribution in [0.1, 0.15) is 27.0 Å². The van der Waals surface area contributed by atoms with E-state index in [-0.39, 0.29) is 0 Å². The quantitative estimate of drug-likeness (QED) is 0.865. The van der Waals surface area contributed by atoms with Gasteiger partial charge in [0.15, 0.2) is 0 Å². The van der Waals surface area contributed by atoms with E-state index in [4.69, 9.17) is 11.6 Å². The zero-order chi connectivity index (χ0) is 12.6. The molecule has 1 aromatic carbocycles. The van der Waals surface area contributed by atoms with E-state index in [9.17, 15) is 9.50 Å². The van der Waals surface area contributed by atoms with Crippen LogP contribution in [0.4, 0.5) is 4.39 Å². The zero-order valence-electron chi connectivity index (χ0n) is 9.50. The average Bonchev–Trinajstić information content (AvgIpc) is 2.62. The molecule has 0 saturated heterocycles. The Kier molecular flexibility index (Phi) is 3.52. The number of benzene rings is 1. The van der Waals surface area contributed by atoms with Gasteiger partial charge in [0.1, 0.15) is 11.9 Å². The summed E-state index contributed by atoms with van der Waals surface area (Å²) >= 11 is 7.47. The summed E-state index contributed by atoms with van der Waals surface area (Å²) in [6.45, 7) is 3.97. The average molecular weight is 271 g/mol. The Labute approximate surface area is 108 Å². The summed E-state index contributed by atoms with van der Waals surface area (Å²) in [7, 11) is 0. The SMILES string of the molecule is Cc1cc(C(O)c2cc(F)ccc2Cl)sc1C. The molecular formula is C13H12ClFOS. The van der Waals surface area contributed by atoms with Gasteiger partial charge in [-0.05, 0) is 43.7 Å². The number of thiophene rings is 1. The van der Waals surface area contributed by atoms with E-state index in [1.165, 1.54) is 29.5 Å². The second kappa shape index (κ2) is 4.77. The third-order valence-corrected chi connectivity index (χ3v) is 4.26. The van der Waals surface area contributed by atoms with Crippen molar-refractivity contribution in [2.45, 2.75) is 20.0 Å². The fraction of sp³-hybridized carbons (Fsp3) is 0.231. The van der Waals surface area contributed by atoms with Crippen LogP contribution >= 0.6 is 22.9 Å². The number of hydrogen-bond donors (Lipinski definition) is 1. The van der Waals surface area contributed by atoms with E-state index in [2.05, 4.69) is 0 Å². The lowest BCUT2D eigenvalue weighted by molar-refractivity contribution is 0.223. The van der Waals surface area contributed by atoms with E-state index < -0.39 is 11.9 Å². The van der Waals surface area contributed by atoms with E-state index in [1.807, 2.05) is 19.9 Å². The van der Waals surface area contributed by atoms with Crippen molar-refractivity contribution < 1.29 is 9.50 Å². The van der Waals surface area contributed by atoms with Gasteiger partial charge < -0.3 is 5.11 Å². The van der Waals surface area contributed by atoms with Gasteiger partial charge in [0, 0.05) is 20.3 Å². The standard InChI is InChI=1S/C13H12ClFOS/c1-7-5-12(17-8(7)2)13(16)10-6-9(15)3-4-11(10)14/h3-6,13,16H,1-2H3. The summed E-state index contributed by atoms with van der Waals surface area (Å²) in [5.74, 6) is -0.395. The molecule has 1 aromatic heterocycles. The number of aliphatic hydroxyl groups excluding tert-OH is 1. The Morgan fingerprint density at radius 1 is 1.29 bits per heavy atom. The molecule has 0 aliphatic carbocycles. The Balaban J connectivity index is 2.42. The topological polar surface area (TPSA) is 20.2 Å². The minimum absolute atomic E-state index is 0.377. The molecule has 90 valence electrons. The highest BCUT2D eigenvalue weighted by Crippen LogP contribution is 2.34.